The molecule has 0 spiro atoms. The summed E-state index contributed by atoms with van der Waals surface area (Å²) in [4.78, 5) is 16.0. The number of carbonyl (C=O) groups is 1. The summed E-state index contributed by atoms with van der Waals surface area (Å²) in [6.07, 6.45) is 4.05. The summed E-state index contributed by atoms with van der Waals surface area (Å²) in [6.45, 7) is 1.34. The molecule has 0 unspecified atom stereocenters. The third-order valence-corrected chi connectivity index (χ3v) is 4.50. The number of hydrogen-bond acceptors (Lipinski definition) is 6. The van der Waals surface area contributed by atoms with Crippen LogP contribution in [0.25, 0.3) is 20.8 Å². The molecule has 1 aromatic carbocycles. The van der Waals surface area contributed by atoms with Gasteiger partial charge in [0.15, 0.2) is 0 Å². The summed E-state index contributed by atoms with van der Waals surface area (Å²) >= 11 is 1.59. The monoisotopic (exact) mass is 331 g/mol. The van der Waals surface area contributed by atoms with Crippen molar-refractivity contribution < 1.29 is 14.3 Å². The molecule has 2 heterocycles. The van der Waals surface area contributed by atoms with Crippen molar-refractivity contribution in [2.24, 2.45) is 0 Å². The molecule has 2 aromatic heterocycles. The van der Waals surface area contributed by atoms with Gasteiger partial charge in [-0.05, 0) is 17.7 Å². The molecule has 120 valence electrons. The van der Waals surface area contributed by atoms with Gasteiger partial charge in [0.05, 0.1) is 43.1 Å². The maximum Gasteiger partial charge on any atom is 0.309 e. The van der Waals surface area contributed by atoms with Crippen LogP contribution in [0.4, 0.5) is 0 Å². The van der Waals surface area contributed by atoms with Gasteiger partial charge in [0, 0.05) is 18.9 Å². The highest BCUT2D eigenvalue weighted by molar-refractivity contribution is 7.21. The Kier molecular flexibility index (Phi) is 4.68. The van der Waals surface area contributed by atoms with Gasteiger partial charge in [-0.3, -0.25) is 9.48 Å². The van der Waals surface area contributed by atoms with Crippen LogP contribution in [0.2, 0.25) is 0 Å². The summed E-state index contributed by atoms with van der Waals surface area (Å²) in [7, 11) is 3.07. The Morgan fingerprint density at radius 2 is 2.22 bits per heavy atom. The Hall–Kier alpha value is -2.25. The molecule has 7 heteroatoms. The zero-order valence-corrected chi connectivity index (χ0v) is 13.8. The van der Waals surface area contributed by atoms with Gasteiger partial charge in [-0.25, -0.2) is 4.98 Å². The van der Waals surface area contributed by atoms with Crippen molar-refractivity contribution in [3.63, 3.8) is 0 Å². The predicted octanol–water partition coefficient (Wildman–Crippen LogP) is 2.52. The van der Waals surface area contributed by atoms with E-state index in [0.29, 0.717) is 13.2 Å². The normalized spacial score (nSPS) is 11.0. The second-order valence-electron chi connectivity index (χ2n) is 5.06. The first kappa shape index (κ1) is 15.6. The van der Waals surface area contributed by atoms with E-state index in [1.807, 2.05) is 35.3 Å². The molecular formula is C16H17N3O3S. The highest BCUT2D eigenvalue weighted by Crippen LogP contribution is 2.30. The number of hydrogen-bond donors (Lipinski definition) is 0. The molecule has 0 aliphatic carbocycles. The summed E-state index contributed by atoms with van der Waals surface area (Å²) in [5.41, 5.74) is 2.83. The van der Waals surface area contributed by atoms with E-state index in [-0.39, 0.29) is 12.4 Å². The average molecular weight is 331 g/mol. The van der Waals surface area contributed by atoms with Crippen molar-refractivity contribution in [3.8, 4) is 10.6 Å². The predicted molar refractivity (Wildman–Crippen MR) is 88.4 cm³/mol. The van der Waals surface area contributed by atoms with Crippen molar-refractivity contribution in [2.75, 3.05) is 20.8 Å². The summed E-state index contributed by atoms with van der Waals surface area (Å²) < 4.78 is 12.6. The Morgan fingerprint density at radius 1 is 1.35 bits per heavy atom. The third-order valence-electron chi connectivity index (χ3n) is 3.43. The van der Waals surface area contributed by atoms with Crippen molar-refractivity contribution in [1.82, 2.24) is 14.8 Å². The van der Waals surface area contributed by atoms with E-state index in [0.717, 1.165) is 26.4 Å². The zero-order chi connectivity index (χ0) is 16.2. The van der Waals surface area contributed by atoms with E-state index < -0.39 is 0 Å². The van der Waals surface area contributed by atoms with E-state index in [4.69, 9.17) is 9.47 Å². The van der Waals surface area contributed by atoms with Crippen LogP contribution in [0, 0.1) is 0 Å². The number of nitrogens with zero attached hydrogens (tertiary/aromatic N) is 3. The Morgan fingerprint density at radius 3 is 3.00 bits per heavy atom. The van der Waals surface area contributed by atoms with Crippen molar-refractivity contribution in [3.05, 3.63) is 36.2 Å². The van der Waals surface area contributed by atoms with Crippen molar-refractivity contribution >= 4 is 27.5 Å². The molecule has 0 saturated carbocycles. The van der Waals surface area contributed by atoms with Crippen LogP contribution in [0.1, 0.15) is 5.56 Å². The Bertz CT molecular complexity index is 825. The average Bonchev–Trinajstić information content (AvgIpc) is 3.18. The molecule has 6 nitrogen and oxygen atoms in total. The second kappa shape index (κ2) is 6.89. The molecule has 23 heavy (non-hydrogen) atoms. The fraction of sp³-hybridized carbons (Fsp3) is 0.312. The van der Waals surface area contributed by atoms with E-state index >= 15 is 0 Å². The number of aromatic nitrogens is 3. The van der Waals surface area contributed by atoms with Gasteiger partial charge in [0.1, 0.15) is 5.01 Å². The maximum atomic E-state index is 11.4. The summed E-state index contributed by atoms with van der Waals surface area (Å²) in [5.74, 6) is -0.242. The number of rotatable bonds is 6. The van der Waals surface area contributed by atoms with Crippen molar-refractivity contribution in [1.29, 1.82) is 0 Å². The highest BCUT2D eigenvalue weighted by Gasteiger charge is 2.10. The molecular weight excluding hydrogens is 314 g/mol. The van der Waals surface area contributed by atoms with Gasteiger partial charge in [0.2, 0.25) is 0 Å². The Labute approximate surface area is 137 Å². The summed E-state index contributed by atoms with van der Waals surface area (Å²) in [6, 6.07) is 5.83. The number of fused-ring (bicyclic) bond motifs is 1. The van der Waals surface area contributed by atoms with E-state index in [1.54, 1.807) is 18.4 Å². The van der Waals surface area contributed by atoms with Crippen molar-refractivity contribution in [2.45, 2.75) is 13.0 Å². The van der Waals surface area contributed by atoms with E-state index in [2.05, 4.69) is 10.1 Å². The van der Waals surface area contributed by atoms with Crippen LogP contribution in [0.3, 0.4) is 0 Å². The first-order valence-corrected chi connectivity index (χ1v) is 7.99. The fourth-order valence-electron chi connectivity index (χ4n) is 2.22. The molecule has 3 aromatic rings. The van der Waals surface area contributed by atoms with Gasteiger partial charge in [-0.1, -0.05) is 6.07 Å². The standard InChI is InChI=1S/C16H17N3O3S/c1-21-6-5-19-10-12(9-17-19)16-18-13-4-3-11(7-14(13)23-16)8-15(20)22-2/h3-4,7,9-10H,5-6,8H2,1-2H3. The molecule has 0 atom stereocenters. The lowest BCUT2D eigenvalue weighted by Gasteiger charge is -1.99. The van der Waals surface area contributed by atoms with E-state index in [1.165, 1.54) is 7.11 Å². The van der Waals surface area contributed by atoms with Gasteiger partial charge >= 0.3 is 5.97 Å². The fourth-order valence-corrected chi connectivity index (χ4v) is 3.23. The smallest absolute Gasteiger partial charge is 0.309 e. The van der Waals surface area contributed by atoms with Crippen LogP contribution in [0.5, 0.6) is 0 Å². The number of ether oxygens (including phenoxy) is 2. The van der Waals surface area contributed by atoms with Crippen LogP contribution in [-0.2, 0) is 27.2 Å². The SMILES string of the molecule is COCCn1cc(-c2nc3ccc(CC(=O)OC)cc3s2)cn1. The number of carbonyl (C=O) groups excluding carboxylic acids is 1. The molecule has 0 aliphatic rings. The molecule has 0 aliphatic heterocycles. The largest absolute Gasteiger partial charge is 0.469 e. The lowest BCUT2D eigenvalue weighted by molar-refractivity contribution is -0.139. The van der Waals surface area contributed by atoms with Gasteiger partial charge in [-0.15, -0.1) is 11.3 Å². The Balaban J connectivity index is 1.84. The molecule has 0 saturated heterocycles. The molecule has 0 amide bonds. The second-order valence-corrected chi connectivity index (χ2v) is 6.09. The molecule has 3 rings (SSSR count). The minimum Gasteiger partial charge on any atom is -0.469 e. The lowest BCUT2D eigenvalue weighted by Crippen LogP contribution is -2.03. The minimum atomic E-state index is -0.242. The third kappa shape index (κ3) is 3.57. The van der Waals surface area contributed by atoms with Gasteiger partial charge in [-0.2, -0.15) is 5.10 Å². The number of methoxy groups -OCH3 is 2. The first-order valence-electron chi connectivity index (χ1n) is 7.17. The van der Waals surface area contributed by atoms with Gasteiger partial charge < -0.3 is 9.47 Å². The van der Waals surface area contributed by atoms with Crippen LogP contribution < -0.4 is 0 Å². The highest BCUT2D eigenvalue weighted by atomic mass is 32.1. The van der Waals surface area contributed by atoms with Crippen LogP contribution >= 0.6 is 11.3 Å². The van der Waals surface area contributed by atoms with E-state index in [9.17, 15) is 4.79 Å². The molecule has 0 radical (unpaired) electrons. The maximum absolute atomic E-state index is 11.4. The molecule has 0 N–H and O–H groups in total. The number of thiazole rings is 1. The lowest BCUT2D eigenvalue weighted by atomic mass is 10.1. The number of esters is 1. The number of benzene rings is 1. The van der Waals surface area contributed by atoms with Crippen LogP contribution in [0.15, 0.2) is 30.6 Å². The summed E-state index contributed by atoms with van der Waals surface area (Å²) in [5, 5.41) is 5.23. The topological polar surface area (TPSA) is 66.2 Å². The first-order chi connectivity index (χ1) is 11.2. The molecule has 0 fully saturated rings. The zero-order valence-electron chi connectivity index (χ0n) is 13.0. The minimum absolute atomic E-state index is 0.242. The quantitative estimate of drug-likeness (QED) is 0.649. The van der Waals surface area contributed by atoms with Crippen LogP contribution in [-0.4, -0.2) is 41.6 Å². The van der Waals surface area contributed by atoms with Gasteiger partial charge in [0.25, 0.3) is 0 Å². The molecule has 0 bridgehead atoms.